The first-order chi connectivity index (χ1) is 7.15. The summed E-state index contributed by atoms with van der Waals surface area (Å²) in [7, 11) is 0. The van der Waals surface area contributed by atoms with E-state index >= 15 is 0 Å². The van der Waals surface area contributed by atoms with Crippen molar-refractivity contribution in [2.75, 3.05) is 12.3 Å². The molecule has 0 spiro atoms. The van der Waals surface area contributed by atoms with Crippen molar-refractivity contribution in [3.05, 3.63) is 23.7 Å². The quantitative estimate of drug-likeness (QED) is 0.340. The molecule has 0 aliphatic carbocycles. The third-order valence-corrected chi connectivity index (χ3v) is 2.00. The summed E-state index contributed by atoms with van der Waals surface area (Å²) in [6.45, 7) is 3.58. The molecule has 1 rings (SSSR count). The van der Waals surface area contributed by atoms with Gasteiger partial charge in [-0.1, -0.05) is 17.8 Å². The third-order valence-electron chi connectivity index (χ3n) is 1.33. The van der Waals surface area contributed by atoms with Gasteiger partial charge in [0.25, 0.3) is 5.91 Å². The number of nitrogens with zero attached hydrogens (tertiary/aromatic N) is 2. The maximum atomic E-state index is 10.9. The predicted molar refractivity (Wildman–Crippen MR) is 57.3 cm³/mol. The minimum atomic E-state index is -0.968. The molecule has 1 aromatic heterocycles. The van der Waals surface area contributed by atoms with Crippen molar-refractivity contribution in [3.63, 3.8) is 0 Å². The van der Waals surface area contributed by atoms with E-state index in [0.29, 0.717) is 5.13 Å². The van der Waals surface area contributed by atoms with Crippen molar-refractivity contribution in [2.45, 2.75) is 0 Å². The number of aromatic nitrogens is 1. The number of rotatable bonds is 5. The number of carbonyl (C=O) groups excluding carboxylic acids is 1. The average molecular weight is 225 g/mol. The van der Waals surface area contributed by atoms with Gasteiger partial charge in [-0.05, 0) is 0 Å². The lowest BCUT2D eigenvalue weighted by atomic mass is 10.3. The molecule has 0 saturated heterocycles. The third kappa shape index (κ3) is 3.06. The molecule has 1 aromatic rings. The second-order valence-corrected chi connectivity index (χ2v) is 3.31. The van der Waals surface area contributed by atoms with Crippen LogP contribution in [0.3, 0.4) is 0 Å². The van der Waals surface area contributed by atoms with Crippen LogP contribution in [0.25, 0.3) is 0 Å². The Hall–Kier alpha value is -1.89. The van der Waals surface area contributed by atoms with E-state index in [1.807, 2.05) is 0 Å². The van der Waals surface area contributed by atoms with Gasteiger partial charge in [0.15, 0.2) is 10.8 Å². The van der Waals surface area contributed by atoms with Crippen molar-refractivity contribution < 1.29 is 9.63 Å². The summed E-state index contributed by atoms with van der Waals surface area (Å²) in [6.07, 6.45) is 1.48. The zero-order valence-corrected chi connectivity index (χ0v) is 8.58. The molecule has 7 heteroatoms. The topological polar surface area (TPSA) is 101 Å². The fourth-order valence-electron chi connectivity index (χ4n) is 0.755. The normalized spacial score (nSPS) is 11.1. The van der Waals surface area contributed by atoms with Gasteiger partial charge in [0, 0.05) is 5.38 Å². The van der Waals surface area contributed by atoms with Crippen LogP contribution >= 0.6 is 11.3 Å². The first-order valence-electron chi connectivity index (χ1n) is 3.93. The molecule has 0 unspecified atom stereocenters. The largest absolute Gasteiger partial charge is 0.391 e. The molecule has 1 heterocycles. The van der Waals surface area contributed by atoms with E-state index in [0.717, 1.165) is 11.3 Å². The number of hydrogen-bond donors (Lipinski definition) is 1. The van der Waals surface area contributed by atoms with Crippen molar-refractivity contribution in [2.24, 2.45) is 5.16 Å². The molecule has 3 N–H and O–H groups in total. The lowest BCUT2D eigenvalue weighted by molar-refractivity contribution is -0.112. The molecule has 0 bridgehead atoms. The zero-order valence-electron chi connectivity index (χ0n) is 7.77. The molecule has 0 atom stereocenters. The molecule has 0 aliphatic rings. The molecule has 0 fully saturated rings. The monoisotopic (exact) mass is 225 g/mol. The summed E-state index contributed by atoms with van der Waals surface area (Å²) < 4.78 is 0. The number of amides is 1. The van der Waals surface area contributed by atoms with Crippen molar-refractivity contribution >= 4 is 28.1 Å². The highest BCUT2D eigenvalue weighted by Crippen LogP contribution is 2.12. The molecule has 1 amide bonds. The summed E-state index contributed by atoms with van der Waals surface area (Å²) in [5, 5.41) is 5.34. The highest BCUT2D eigenvalue weighted by atomic mass is 32.1. The van der Waals surface area contributed by atoms with Gasteiger partial charge in [0.1, 0.15) is 12.3 Å². The van der Waals surface area contributed by atoms with E-state index < -0.39 is 5.91 Å². The molecule has 0 aliphatic heterocycles. The van der Waals surface area contributed by atoms with Crippen LogP contribution in [0, 0.1) is 0 Å². The Labute approximate surface area is 90.2 Å². The van der Waals surface area contributed by atoms with E-state index in [1.54, 1.807) is 0 Å². The van der Waals surface area contributed by atoms with Crippen LogP contribution in [0.1, 0.15) is 5.69 Å². The fourth-order valence-corrected chi connectivity index (χ4v) is 1.30. The van der Waals surface area contributed by atoms with Crippen molar-refractivity contribution in [1.29, 1.82) is 0 Å². The molecule has 79 valence electrons. The van der Waals surface area contributed by atoms with Crippen LogP contribution < -0.4 is 11.5 Å². The Morgan fingerprint density at radius 2 is 2.60 bits per heavy atom. The van der Waals surface area contributed by atoms with E-state index in [1.165, 1.54) is 11.5 Å². The van der Waals surface area contributed by atoms with Crippen LogP contribution in [0.5, 0.6) is 0 Å². The van der Waals surface area contributed by atoms with E-state index in [-0.39, 0.29) is 18.0 Å². The van der Waals surface area contributed by atoms with Crippen LogP contribution in [0.4, 0.5) is 5.13 Å². The fraction of sp³-hybridized carbons (Fsp3) is 0.125. The van der Waals surface area contributed by atoms with E-state index in [4.69, 9.17) is 16.3 Å². The second kappa shape index (κ2) is 5.11. The minimum absolute atomic E-state index is 0.162. The number of nitrogens with one attached hydrogen (secondary N) is 1. The Kier molecular flexibility index (Phi) is 3.81. The molecule has 0 aromatic carbocycles. The standard InChI is InChI=1S/C8H9N4O2S/c1-2-3-14-12-6(7(9)13)5-4-15-8(10)11-5/h2,4,9H,1,3H2,(H2,10,11). The van der Waals surface area contributed by atoms with Crippen LogP contribution in [-0.2, 0) is 9.63 Å². The molecular weight excluding hydrogens is 216 g/mol. The SMILES string of the molecule is C=CCON=C(C([NH])=O)c1csc(N)n1. The number of nitrogen functional groups attached to an aromatic ring is 1. The Balaban J connectivity index is 2.87. The van der Waals surface area contributed by atoms with E-state index in [2.05, 4.69) is 16.7 Å². The van der Waals surface area contributed by atoms with Gasteiger partial charge < -0.3 is 10.6 Å². The van der Waals surface area contributed by atoms with Gasteiger partial charge in [-0.25, -0.2) is 4.98 Å². The van der Waals surface area contributed by atoms with Crippen LogP contribution in [0.2, 0.25) is 0 Å². The number of anilines is 1. The van der Waals surface area contributed by atoms with Crippen LogP contribution in [-0.4, -0.2) is 23.2 Å². The van der Waals surface area contributed by atoms with E-state index in [9.17, 15) is 4.79 Å². The van der Waals surface area contributed by atoms with Gasteiger partial charge in [-0.15, -0.1) is 11.3 Å². The minimum Gasteiger partial charge on any atom is -0.391 e. The Morgan fingerprint density at radius 3 is 3.07 bits per heavy atom. The number of nitrogens with two attached hydrogens (primary N) is 1. The lowest BCUT2D eigenvalue weighted by Gasteiger charge is -1.97. The molecule has 15 heavy (non-hydrogen) atoms. The van der Waals surface area contributed by atoms with Gasteiger partial charge >= 0.3 is 0 Å². The summed E-state index contributed by atoms with van der Waals surface area (Å²) in [6, 6.07) is 0. The Morgan fingerprint density at radius 1 is 1.87 bits per heavy atom. The highest BCUT2D eigenvalue weighted by Gasteiger charge is 2.15. The van der Waals surface area contributed by atoms with Gasteiger partial charge in [0.05, 0.1) is 0 Å². The predicted octanol–water partition coefficient (Wildman–Crippen LogP) is 0.442. The Bertz CT molecular complexity index is 399. The zero-order chi connectivity index (χ0) is 11.3. The lowest BCUT2D eigenvalue weighted by Crippen LogP contribution is -2.17. The molecule has 6 nitrogen and oxygen atoms in total. The van der Waals surface area contributed by atoms with Gasteiger partial charge in [0.2, 0.25) is 0 Å². The smallest absolute Gasteiger partial charge is 0.294 e. The number of carbonyl (C=O) groups is 1. The highest BCUT2D eigenvalue weighted by molar-refractivity contribution is 7.13. The van der Waals surface area contributed by atoms with Crippen molar-refractivity contribution in [1.82, 2.24) is 10.7 Å². The van der Waals surface area contributed by atoms with Gasteiger partial charge in [-0.3, -0.25) is 10.5 Å². The number of thiazole rings is 1. The van der Waals surface area contributed by atoms with Crippen molar-refractivity contribution in [3.8, 4) is 0 Å². The summed E-state index contributed by atoms with van der Waals surface area (Å²) in [4.78, 5) is 19.5. The maximum absolute atomic E-state index is 10.9. The number of hydrogen-bond acceptors (Lipinski definition) is 6. The maximum Gasteiger partial charge on any atom is 0.294 e. The molecule has 1 radical (unpaired) electrons. The summed E-state index contributed by atoms with van der Waals surface area (Å²) in [5.41, 5.74) is 12.4. The van der Waals surface area contributed by atoms with Gasteiger partial charge in [-0.2, -0.15) is 0 Å². The molecule has 0 saturated carbocycles. The average Bonchev–Trinajstić information content (AvgIpc) is 2.59. The number of oxime groups is 1. The second-order valence-electron chi connectivity index (χ2n) is 2.42. The first kappa shape index (κ1) is 11.2. The molecular formula is C8H9N4O2S. The first-order valence-corrected chi connectivity index (χ1v) is 4.81. The van der Waals surface area contributed by atoms with Crippen LogP contribution in [0.15, 0.2) is 23.2 Å². The summed E-state index contributed by atoms with van der Waals surface area (Å²) >= 11 is 1.16. The summed E-state index contributed by atoms with van der Waals surface area (Å²) in [5.74, 6) is -0.968.